The van der Waals surface area contributed by atoms with Crippen LogP contribution in [0.25, 0.3) is 0 Å². The van der Waals surface area contributed by atoms with Crippen molar-refractivity contribution in [1.82, 2.24) is 4.90 Å². The number of hydrogen-bond donors (Lipinski definition) is 1. The first kappa shape index (κ1) is 22.8. The Hall–Kier alpha value is -3.98. The molecule has 1 N–H and O–H groups in total. The summed E-state index contributed by atoms with van der Waals surface area (Å²) in [5.41, 5.74) is 2.22. The Balaban J connectivity index is 1.37. The first-order chi connectivity index (χ1) is 17.1. The lowest BCUT2D eigenvalue weighted by atomic mass is 10.1. The maximum Gasteiger partial charge on any atom is 0.238 e. The van der Waals surface area contributed by atoms with Crippen LogP contribution < -0.4 is 19.5 Å². The molecule has 0 radical (unpaired) electrons. The average Bonchev–Trinajstić information content (AvgIpc) is 3.35. The van der Waals surface area contributed by atoms with Gasteiger partial charge in [0.1, 0.15) is 11.0 Å². The number of methoxy groups -OCH3 is 1. The second-order valence-corrected chi connectivity index (χ2v) is 9.10. The first-order valence-corrected chi connectivity index (χ1v) is 11.9. The van der Waals surface area contributed by atoms with Gasteiger partial charge >= 0.3 is 0 Å². The Labute approximate surface area is 206 Å². The number of amidine groups is 1. The van der Waals surface area contributed by atoms with Gasteiger partial charge in [-0.15, -0.1) is 0 Å². The number of aliphatic imine (C=N–C) groups is 1. The van der Waals surface area contributed by atoms with Crippen LogP contribution in [0.1, 0.15) is 12.0 Å². The highest BCUT2D eigenvalue weighted by Gasteiger charge is 2.36. The molecule has 0 aromatic heterocycles. The van der Waals surface area contributed by atoms with Gasteiger partial charge in [0.05, 0.1) is 19.3 Å². The van der Waals surface area contributed by atoms with Gasteiger partial charge in [-0.25, -0.2) is 4.99 Å². The third-order valence-corrected chi connectivity index (χ3v) is 6.74. The van der Waals surface area contributed by atoms with E-state index in [9.17, 15) is 9.59 Å². The molecule has 178 valence electrons. The molecule has 0 bridgehead atoms. The van der Waals surface area contributed by atoms with E-state index in [1.54, 1.807) is 36.3 Å². The largest absolute Gasteiger partial charge is 0.497 e. The highest BCUT2D eigenvalue weighted by atomic mass is 32.2. The topological polar surface area (TPSA) is 89.5 Å². The number of para-hydroxylation sites is 1. The van der Waals surface area contributed by atoms with Gasteiger partial charge in [0, 0.05) is 12.1 Å². The number of nitrogens with one attached hydrogen (secondary N) is 1. The van der Waals surface area contributed by atoms with Crippen LogP contribution in [0.3, 0.4) is 0 Å². The number of nitrogens with zero attached hydrogens (tertiary/aromatic N) is 2. The molecule has 3 aromatic carbocycles. The fraction of sp³-hybridized carbons (Fsp3) is 0.192. The van der Waals surface area contributed by atoms with E-state index in [0.717, 1.165) is 5.56 Å². The number of ether oxygens (including phenoxy) is 3. The van der Waals surface area contributed by atoms with Crippen LogP contribution in [0.15, 0.2) is 77.8 Å². The molecule has 8 nitrogen and oxygen atoms in total. The third kappa shape index (κ3) is 5.25. The van der Waals surface area contributed by atoms with E-state index in [1.807, 2.05) is 48.5 Å². The minimum absolute atomic E-state index is 0.0605. The van der Waals surface area contributed by atoms with Crippen LogP contribution in [0.5, 0.6) is 17.2 Å². The van der Waals surface area contributed by atoms with Gasteiger partial charge in [0.2, 0.25) is 18.6 Å². The fourth-order valence-electron chi connectivity index (χ4n) is 3.73. The molecule has 1 unspecified atom stereocenters. The zero-order valence-electron chi connectivity index (χ0n) is 19.0. The molecule has 0 spiro atoms. The Bertz CT molecular complexity index is 1260. The average molecular weight is 490 g/mol. The second-order valence-electron chi connectivity index (χ2n) is 7.93. The second kappa shape index (κ2) is 10.1. The highest BCUT2D eigenvalue weighted by molar-refractivity contribution is 8.15. The van der Waals surface area contributed by atoms with Gasteiger partial charge in [-0.3, -0.25) is 14.5 Å². The van der Waals surface area contributed by atoms with Crippen molar-refractivity contribution in [2.75, 3.05) is 19.2 Å². The van der Waals surface area contributed by atoms with E-state index in [4.69, 9.17) is 19.2 Å². The number of hydrogen-bond acceptors (Lipinski definition) is 7. The van der Waals surface area contributed by atoms with E-state index in [2.05, 4.69) is 5.32 Å². The number of amides is 2. The molecule has 35 heavy (non-hydrogen) atoms. The molecule has 2 aliphatic heterocycles. The Morgan fingerprint density at radius 1 is 1.09 bits per heavy atom. The lowest BCUT2D eigenvalue weighted by Crippen LogP contribution is -2.44. The summed E-state index contributed by atoms with van der Waals surface area (Å²) >= 11 is 1.28. The van der Waals surface area contributed by atoms with Gasteiger partial charge in [0.25, 0.3) is 0 Å². The molecule has 2 aliphatic rings. The number of anilines is 1. The molecule has 0 saturated carbocycles. The summed E-state index contributed by atoms with van der Waals surface area (Å²) < 4.78 is 16.0. The maximum absolute atomic E-state index is 13.3. The molecule has 9 heteroatoms. The van der Waals surface area contributed by atoms with Crippen molar-refractivity contribution in [3.8, 4) is 17.2 Å². The SMILES string of the molecule is COc1ccc(NC(=O)C2CC(=O)N(Cc3ccc4c(c3)OCO4)C(=Nc3ccccc3)S2)cc1. The highest BCUT2D eigenvalue weighted by Crippen LogP contribution is 2.35. The van der Waals surface area contributed by atoms with Crippen LogP contribution in [0, 0.1) is 0 Å². The van der Waals surface area contributed by atoms with E-state index in [-0.39, 0.29) is 25.0 Å². The molecule has 0 aliphatic carbocycles. The van der Waals surface area contributed by atoms with E-state index < -0.39 is 5.25 Å². The number of fused-ring (bicyclic) bond motifs is 1. The zero-order valence-corrected chi connectivity index (χ0v) is 19.8. The predicted octanol–water partition coefficient (Wildman–Crippen LogP) is 4.58. The lowest BCUT2D eigenvalue weighted by Gasteiger charge is -2.32. The van der Waals surface area contributed by atoms with Gasteiger partial charge in [-0.05, 0) is 54.1 Å². The summed E-state index contributed by atoms with van der Waals surface area (Å²) in [5.74, 6) is 1.60. The van der Waals surface area contributed by atoms with Gasteiger partial charge in [-0.1, -0.05) is 36.0 Å². The van der Waals surface area contributed by atoms with E-state index in [1.165, 1.54) is 11.8 Å². The number of rotatable bonds is 6. The molecule has 2 heterocycles. The standard InChI is InChI=1S/C26H23N3O5S/c1-32-20-10-8-19(9-11-20)27-25(31)23-14-24(30)29(26(35-23)28-18-5-3-2-4-6-18)15-17-7-12-21-22(13-17)34-16-33-21/h2-13,23H,14-16H2,1H3,(H,27,31). The number of thioether (sulfide) groups is 1. The lowest BCUT2D eigenvalue weighted by molar-refractivity contribution is -0.129. The van der Waals surface area contributed by atoms with Crippen molar-refractivity contribution in [3.05, 3.63) is 78.4 Å². The van der Waals surface area contributed by atoms with E-state index in [0.29, 0.717) is 40.3 Å². The van der Waals surface area contributed by atoms with Gasteiger partial charge in [-0.2, -0.15) is 0 Å². The summed E-state index contributed by atoms with van der Waals surface area (Å²) in [4.78, 5) is 32.6. The first-order valence-electron chi connectivity index (χ1n) is 11.0. The summed E-state index contributed by atoms with van der Waals surface area (Å²) in [6.45, 7) is 0.490. The van der Waals surface area contributed by atoms with Crippen molar-refractivity contribution in [2.45, 2.75) is 18.2 Å². The van der Waals surface area contributed by atoms with Crippen LogP contribution in [0.4, 0.5) is 11.4 Å². The molecular formula is C26H23N3O5S. The molecule has 1 fully saturated rings. The summed E-state index contributed by atoms with van der Waals surface area (Å²) in [6, 6.07) is 22.0. The molecule has 3 aromatic rings. The molecule has 2 amide bonds. The fourth-order valence-corrected chi connectivity index (χ4v) is 4.83. The van der Waals surface area contributed by atoms with Gasteiger partial charge < -0.3 is 19.5 Å². The minimum Gasteiger partial charge on any atom is -0.497 e. The summed E-state index contributed by atoms with van der Waals surface area (Å²) in [5, 5.41) is 2.75. The monoisotopic (exact) mass is 489 g/mol. The van der Waals surface area contributed by atoms with Crippen LogP contribution in [-0.2, 0) is 16.1 Å². The predicted molar refractivity (Wildman–Crippen MR) is 134 cm³/mol. The van der Waals surface area contributed by atoms with Crippen molar-refractivity contribution in [3.63, 3.8) is 0 Å². The van der Waals surface area contributed by atoms with Crippen molar-refractivity contribution in [2.24, 2.45) is 4.99 Å². The summed E-state index contributed by atoms with van der Waals surface area (Å²) in [7, 11) is 1.58. The minimum atomic E-state index is -0.611. The van der Waals surface area contributed by atoms with Crippen molar-refractivity contribution < 1.29 is 23.8 Å². The Kier molecular flexibility index (Phi) is 6.58. The number of benzene rings is 3. The maximum atomic E-state index is 13.3. The van der Waals surface area contributed by atoms with Crippen LogP contribution in [0.2, 0.25) is 0 Å². The normalized spacial score (nSPS) is 18.0. The zero-order chi connectivity index (χ0) is 24.2. The number of carbonyl (C=O) groups excluding carboxylic acids is 2. The molecule has 5 rings (SSSR count). The van der Waals surface area contributed by atoms with E-state index >= 15 is 0 Å². The van der Waals surface area contributed by atoms with Crippen LogP contribution >= 0.6 is 11.8 Å². The molecule has 1 saturated heterocycles. The third-order valence-electron chi connectivity index (χ3n) is 5.55. The quantitative estimate of drug-likeness (QED) is 0.545. The van der Waals surface area contributed by atoms with Crippen LogP contribution in [-0.4, -0.2) is 41.0 Å². The summed E-state index contributed by atoms with van der Waals surface area (Å²) in [6.07, 6.45) is 0.0605. The van der Waals surface area contributed by atoms with Crippen molar-refractivity contribution >= 4 is 40.1 Å². The van der Waals surface area contributed by atoms with Crippen molar-refractivity contribution in [1.29, 1.82) is 0 Å². The Morgan fingerprint density at radius 3 is 2.63 bits per heavy atom. The molecule has 1 atom stereocenters. The van der Waals surface area contributed by atoms with Gasteiger partial charge in [0.15, 0.2) is 16.7 Å². The number of carbonyl (C=O) groups is 2. The molecular weight excluding hydrogens is 466 g/mol. The Morgan fingerprint density at radius 2 is 1.86 bits per heavy atom. The smallest absolute Gasteiger partial charge is 0.238 e.